The summed E-state index contributed by atoms with van der Waals surface area (Å²) in [7, 11) is 0. The summed E-state index contributed by atoms with van der Waals surface area (Å²) in [6.45, 7) is 10.5. The Morgan fingerprint density at radius 3 is 1.75 bits per heavy atom. The molecule has 0 spiro atoms. The van der Waals surface area contributed by atoms with E-state index in [9.17, 15) is 4.79 Å². The first kappa shape index (κ1) is 23.7. The number of esters is 1. The van der Waals surface area contributed by atoms with Gasteiger partial charge in [0.25, 0.3) is 0 Å². The van der Waals surface area contributed by atoms with E-state index in [0.717, 1.165) is 51.8 Å². The van der Waals surface area contributed by atoms with E-state index in [1.807, 2.05) is 0 Å². The molecule has 0 unspecified atom stereocenters. The number of unbranched alkanes of at least 4 members (excludes halogenated alkanes) is 3. The molecule has 0 aromatic rings. The van der Waals surface area contributed by atoms with Gasteiger partial charge in [-0.2, -0.15) is 0 Å². The molecule has 2 nitrogen and oxygen atoms in total. The van der Waals surface area contributed by atoms with E-state index in [0.29, 0.717) is 12.2 Å². The zero-order valence-corrected chi connectivity index (χ0v) is 19.3. The normalized spacial score (nSPS) is 13.2. The minimum absolute atomic E-state index is 0.151. The van der Waals surface area contributed by atoms with Crippen LogP contribution in [-0.2, 0) is 9.53 Å². The van der Waals surface area contributed by atoms with E-state index in [1.54, 1.807) is 19.9 Å². The maximum atomic E-state index is 15.3. The van der Waals surface area contributed by atoms with Gasteiger partial charge < -0.3 is 0 Å². The molecule has 0 aliphatic rings. The van der Waals surface area contributed by atoms with Crippen molar-refractivity contribution in [3.63, 3.8) is 0 Å². The molecule has 0 radical (unpaired) electrons. The number of halogens is 1. The van der Waals surface area contributed by atoms with E-state index < -0.39 is 18.4 Å². The molecule has 0 fully saturated rings. The second-order valence-electron chi connectivity index (χ2n) is 6.72. The predicted octanol–water partition coefficient (Wildman–Crippen LogP) is 6.74. The van der Waals surface area contributed by atoms with Gasteiger partial charge in [-0.05, 0) is 0 Å². The molecule has 0 amide bonds. The summed E-state index contributed by atoms with van der Waals surface area (Å²) in [6.07, 6.45) is 9.83. The second-order valence-corrected chi connectivity index (χ2v) is 19.7. The van der Waals surface area contributed by atoms with Crippen LogP contribution in [0.5, 0.6) is 0 Å². The molecule has 4 heteroatoms. The van der Waals surface area contributed by atoms with Gasteiger partial charge >= 0.3 is 153 Å². The Balaban J connectivity index is 5.45. The Hall–Kier alpha value is -0.321. The first-order chi connectivity index (χ1) is 11.5. The van der Waals surface area contributed by atoms with Crippen molar-refractivity contribution in [3.05, 3.63) is 21.6 Å². The molecule has 0 aromatic heterocycles. The summed E-state index contributed by atoms with van der Waals surface area (Å²) in [5.74, 6) is -0.379. The third-order valence-electron chi connectivity index (χ3n) is 4.52. The van der Waals surface area contributed by atoms with Gasteiger partial charge in [0.1, 0.15) is 0 Å². The van der Waals surface area contributed by atoms with E-state index in [-0.39, 0.29) is 9.81 Å². The standard InChI is InChI=1S/C8H10FO2.3C4H9.Sn/c1-3-11-8(10)6-7(2)4-5-9;3*1-3-4-2;/h4,6H,3H2,1-2H3;3*1,3-4H2,2H3;. The summed E-state index contributed by atoms with van der Waals surface area (Å²) in [4.78, 5) is 11.6. The summed E-state index contributed by atoms with van der Waals surface area (Å²) in [5.41, 5.74) is 0.677. The quantitative estimate of drug-likeness (QED) is 0.135. The molecule has 0 rings (SSSR count). The van der Waals surface area contributed by atoms with Crippen LogP contribution in [0.25, 0.3) is 0 Å². The van der Waals surface area contributed by atoms with Crippen LogP contribution in [0, 0.1) is 0 Å². The van der Waals surface area contributed by atoms with Crippen LogP contribution in [0.1, 0.15) is 73.1 Å². The van der Waals surface area contributed by atoms with Crippen molar-refractivity contribution in [2.45, 2.75) is 86.5 Å². The van der Waals surface area contributed by atoms with Gasteiger partial charge in [0.2, 0.25) is 0 Å². The van der Waals surface area contributed by atoms with Gasteiger partial charge in [0.15, 0.2) is 0 Å². The van der Waals surface area contributed by atoms with Crippen molar-refractivity contribution in [2.75, 3.05) is 6.61 Å². The van der Waals surface area contributed by atoms with Gasteiger partial charge in [-0.15, -0.1) is 0 Å². The second kappa shape index (κ2) is 13.9. The number of hydrogen-bond acceptors (Lipinski definition) is 2. The number of rotatable bonds is 13. The number of allylic oxidation sites excluding steroid dienone is 2. The van der Waals surface area contributed by atoms with Crippen LogP contribution >= 0.6 is 0 Å². The van der Waals surface area contributed by atoms with Crippen LogP contribution in [0.2, 0.25) is 13.3 Å². The van der Waals surface area contributed by atoms with E-state index >= 15 is 4.39 Å². The average Bonchev–Trinajstić information content (AvgIpc) is 2.54. The molecule has 0 aliphatic heterocycles. The van der Waals surface area contributed by atoms with Crippen LogP contribution < -0.4 is 0 Å². The van der Waals surface area contributed by atoms with Crippen molar-refractivity contribution < 1.29 is 13.9 Å². The van der Waals surface area contributed by atoms with Gasteiger partial charge in [-0.3, -0.25) is 0 Å². The minimum atomic E-state index is -2.98. The molecule has 0 saturated carbocycles. The maximum absolute atomic E-state index is 15.3. The zero-order chi connectivity index (χ0) is 18.4. The Morgan fingerprint density at radius 2 is 1.38 bits per heavy atom. The van der Waals surface area contributed by atoms with Gasteiger partial charge in [-0.1, -0.05) is 0 Å². The van der Waals surface area contributed by atoms with Crippen molar-refractivity contribution >= 4 is 24.3 Å². The monoisotopic (exact) mass is 448 g/mol. The number of carbonyl (C=O) groups excluding carboxylic acids is 1. The van der Waals surface area contributed by atoms with Crippen LogP contribution in [0.15, 0.2) is 21.6 Å². The molecule has 0 heterocycles. The predicted molar refractivity (Wildman–Crippen MR) is 104 cm³/mol. The molecular weight excluding hydrogens is 410 g/mol. The Bertz CT molecular complexity index is 394. The molecule has 0 atom stereocenters. The van der Waals surface area contributed by atoms with Gasteiger partial charge in [0, 0.05) is 0 Å². The third kappa shape index (κ3) is 9.24. The SMILES string of the molecule is CCC[CH2][Sn]([CH2]CCC)([CH2]CCC)[C](F)=CC(C)=CC(=O)OCC. The molecule has 0 saturated heterocycles. The fourth-order valence-corrected chi connectivity index (χ4v) is 17.6. The average molecular weight is 447 g/mol. The Morgan fingerprint density at radius 1 is 0.917 bits per heavy atom. The number of hydrogen-bond donors (Lipinski definition) is 0. The third-order valence-corrected chi connectivity index (χ3v) is 19.0. The molecule has 0 N–H and O–H groups in total. The topological polar surface area (TPSA) is 26.3 Å². The summed E-state index contributed by atoms with van der Waals surface area (Å²) >= 11 is -2.98. The van der Waals surface area contributed by atoms with Crippen LogP contribution in [0.3, 0.4) is 0 Å². The molecular formula is C20H37FO2Sn. The number of ether oxygens (including phenoxy) is 1. The summed E-state index contributed by atoms with van der Waals surface area (Å²) in [5, 5.41) is 0. The fourth-order valence-electron chi connectivity index (χ4n) is 3.04. The fraction of sp³-hybridized carbons (Fsp3) is 0.750. The van der Waals surface area contributed by atoms with E-state index in [4.69, 9.17) is 4.74 Å². The van der Waals surface area contributed by atoms with Crippen molar-refractivity contribution in [3.8, 4) is 0 Å². The van der Waals surface area contributed by atoms with Gasteiger partial charge in [0.05, 0.1) is 0 Å². The molecule has 0 bridgehead atoms. The van der Waals surface area contributed by atoms with Crippen molar-refractivity contribution in [1.82, 2.24) is 0 Å². The van der Waals surface area contributed by atoms with E-state index in [2.05, 4.69) is 20.8 Å². The zero-order valence-electron chi connectivity index (χ0n) is 16.4. The number of carbonyl (C=O) groups is 1. The van der Waals surface area contributed by atoms with Gasteiger partial charge in [-0.25, -0.2) is 0 Å². The summed E-state index contributed by atoms with van der Waals surface area (Å²) in [6, 6.07) is 0. The molecule has 24 heavy (non-hydrogen) atoms. The molecule has 0 aliphatic carbocycles. The first-order valence-electron chi connectivity index (χ1n) is 9.68. The van der Waals surface area contributed by atoms with Crippen LogP contribution in [-0.4, -0.2) is 31.0 Å². The van der Waals surface area contributed by atoms with Crippen molar-refractivity contribution in [1.29, 1.82) is 0 Å². The first-order valence-corrected chi connectivity index (χ1v) is 17.2. The van der Waals surface area contributed by atoms with E-state index in [1.165, 1.54) is 6.08 Å². The molecule has 0 aromatic carbocycles. The van der Waals surface area contributed by atoms with Crippen LogP contribution in [0.4, 0.5) is 4.39 Å². The summed E-state index contributed by atoms with van der Waals surface area (Å²) < 4.78 is 23.7. The van der Waals surface area contributed by atoms with Crippen molar-refractivity contribution in [2.24, 2.45) is 0 Å². The Kier molecular flexibility index (Phi) is 13.7. The Labute approximate surface area is 152 Å². The molecule has 140 valence electrons.